The Kier molecular flexibility index (Phi) is 8.94. The lowest BCUT2D eigenvalue weighted by molar-refractivity contribution is -0.140. The molecule has 11 heavy (non-hydrogen) atoms. The van der Waals surface area contributed by atoms with Crippen molar-refractivity contribution in [3.8, 4) is 0 Å². The van der Waals surface area contributed by atoms with Crippen LogP contribution in [0.1, 0.15) is 27.2 Å². The molecule has 68 valence electrons. The summed E-state index contributed by atoms with van der Waals surface area (Å²) in [5, 5.41) is 2.75. The van der Waals surface area contributed by atoms with Crippen molar-refractivity contribution in [3.63, 3.8) is 0 Å². The van der Waals surface area contributed by atoms with Gasteiger partial charge in [0, 0.05) is 0 Å². The van der Waals surface area contributed by atoms with Gasteiger partial charge in [0.15, 0.2) is 0 Å². The van der Waals surface area contributed by atoms with Crippen molar-refractivity contribution >= 4 is 6.47 Å². The molecule has 0 aromatic heterocycles. The first-order valence-corrected chi connectivity index (χ1v) is 3.74. The lowest BCUT2D eigenvalue weighted by Gasteiger charge is -2.19. The standard InChI is InChI=1S/C6H12O2.C2H7N/c1-4-6(2,3)8-5-7;1-3-2/h5H,4H2,1-3H3;3H,1-2H3. The van der Waals surface area contributed by atoms with Crippen LogP contribution < -0.4 is 5.32 Å². The van der Waals surface area contributed by atoms with Gasteiger partial charge in [0.2, 0.25) is 0 Å². The van der Waals surface area contributed by atoms with Gasteiger partial charge in [-0.25, -0.2) is 0 Å². The second kappa shape index (κ2) is 7.54. The van der Waals surface area contributed by atoms with E-state index in [0.29, 0.717) is 6.47 Å². The fourth-order valence-electron chi connectivity index (χ4n) is 0.214. The molecule has 0 aromatic rings. The van der Waals surface area contributed by atoms with Crippen LogP contribution in [0.2, 0.25) is 0 Å². The maximum Gasteiger partial charge on any atom is 0.293 e. The summed E-state index contributed by atoms with van der Waals surface area (Å²) in [6.45, 7) is 6.22. The number of rotatable bonds is 3. The zero-order valence-electron chi connectivity index (χ0n) is 8.10. The Morgan fingerprint density at radius 1 is 1.45 bits per heavy atom. The Balaban J connectivity index is 0. The molecule has 0 aliphatic carbocycles. The predicted molar refractivity (Wildman–Crippen MR) is 46.5 cm³/mol. The Morgan fingerprint density at radius 2 is 1.82 bits per heavy atom. The third-order valence-corrected chi connectivity index (χ3v) is 1.22. The van der Waals surface area contributed by atoms with E-state index in [9.17, 15) is 4.79 Å². The van der Waals surface area contributed by atoms with E-state index >= 15 is 0 Å². The fourth-order valence-corrected chi connectivity index (χ4v) is 0.214. The predicted octanol–water partition coefficient (Wildman–Crippen LogP) is 1.18. The van der Waals surface area contributed by atoms with Crippen LogP contribution in [0, 0.1) is 0 Å². The maximum atomic E-state index is 9.76. The number of carbonyl (C=O) groups is 1. The van der Waals surface area contributed by atoms with Crippen molar-refractivity contribution in [2.75, 3.05) is 14.1 Å². The molecule has 3 nitrogen and oxygen atoms in total. The van der Waals surface area contributed by atoms with Gasteiger partial charge in [0.05, 0.1) is 0 Å². The highest BCUT2D eigenvalue weighted by molar-refractivity contribution is 5.38. The molecule has 0 bridgehead atoms. The van der Waals surface area contributed by atoms with Crippen LogP contribution >= 0.6 is 0 Å². The highest BCUT2D eigenvalue weighted by Gasteiger charge is 2.13. The van der Waals surface area contributed by atoms with Gasteiger partial charge in [-0.15, -0.1) is 0 Å². The molecule has 0 amide bonds. The van der Waals surface area contributed by atoms with Crippen LogP contribution in [0.25, 0.3) is 0 Å². The van der Waals surface area contributed by atoms with Gasteiger partial charge < -0.3 is 10.1 Å². The van der Waals surface area contributed by atoms with E-state index < -0.39 is 0 Å². The smallest absolute Gasteiger partial charge is 0.293 e. The van der Waals surface area contributed by atoms with E-state index in [-0.39, 0.29) is 5.60 Å². The Morgan fingerprint density at radius 3 is 1.91 bits per heavy atom. The molecule has 1 N–H and O–H groups in total. The quantitative estimate of drug-likeness (QED) is 0.632. The summed E-state index contributed by atoms with van der Waals surface area (Å²) in [6.07, 6.45) is 0.853. The summed E-state index contributed by atoms with van der Waals surface area (Å²) >= 11 is 0. The normalized spacial score (nSPS) is 9.55. The van der Waals surface area contributed by atoms with Gasteiger partial charge in [0.25, 0.3) is 6.47 Å². The summed E-state index contributed by atoms with van der Waals surface area (Å²) in [5.74, 6) is 0. The van der Waals surface area contributed by atoms with E-state index in [1.54, 1.807) is 0 Å². The molecule has 0 aromatic carbocycles. The minimum absolute atomic E-state index is 0.276. The average molecular weight is 161 g/mol. The summed E-state index contributed by atoms with van der Waals surface area (Å²) in [6, 6.07) is 0. The van der Waals surface area contributed by atoms with Crippen molar-refractivity contribution in [2.24, 2.45) is 0 Å². The molecular weight excluding hydrogens is 142 g/mol. The van der Waals surface area contributed by atoms with Crippen molar-refractivity contribution < 1.29 is 9.53 Å². The molecule has 0 spiro atoms. The second-order valence-corrected chi connectivity index (χ2v) is 2.83. The monoisotopic (exact) mass is 161 g/mol. The molecule has 0 unspecified atom stereocenters. The van der Waals surface area contributed by atoms with Crippen LogP contribution in [-0.2, 0) is 9.53 Å². The molecule has 0 saturated carbocycles. The molecule has 0 heterocycles. The maximum absolute atomic E-state index is 9.76. The highest BCUT2D eigenvalue weighted by atomic mass is 16.5. The first-order chi connectivity index (χ1) is 5.04. The molecule has 0 fully saturated rings. The number of nitrogens with one attached hydrogen (secondary N) is 1. The molecule has 0 saturated heterocycles. The van der Waals surface area contributed by atoms with Gasteiger partial charge in [-0.3, -0.25) is 4.79 Å². The number of hydrogen-bond acceptors (Lipinski definition) is 3. The molecule has 0 aliphatic heterocycles. The Labute approximate surface area is 69.1 Å². The first-order valence-electron chi connectivity index (χ1n) is 3.74. The molecule has 0 atom stereocenters. The molecule has 0 rings (SSSR count). The van der Waals surface area contributed by atoms with E-state index in [1.165, 1.54) is 0 Å². The zero-order valence-corrected chi connectivity index (χ0v) is 8.10. The fraction of sp³-hybridized carbons (Fsp3) is 0.875. The topological polar surface area (TPSA) is 38.3 Å². The zero-order chi connectivity index (χ0) is 9.33. The number of hydrogen-bond donors (Lipinski definition) is 1. The Bertz CT molecular complexity index is 92.1. The van der Waals surface area contributed by atoms with Crippen molar-refractivity contribution in [1.82, 2.24) is 5.32 Å². The van der Waals surface area contributed by atoms with Gasteiger partial charge in [0.1, 0.15) is 5.60 Å². The van der Waals surface area contributed by atoms with E-state index in [2.05, 4.69) is 5.32 Å². The van der Waals surface area contributed by atoms with Crippen molar-refractivity contribution in [1.29, 1.82) is 0 Å². The van der Waals surface area contributed by atoms with Crippen LogP contribution in [0.4, 0.5) is 0 Å². The van der Waals surface area contributed by atoms with Crippen LogP contribution in [0.3, 0.4) is 0 Å². The van der Waals surface area contributed by atoms with Gasteiger partial charge in [-0.2, -0.15) is 0 Å². The van der Waals surface area contributed by atoms with Crippen molar-refractivity contribution in [2.45, 2.75) is 32.8 Å². The first kappa shape index (κ1) is 13.1. The van der Waals surface area contributed by atoms with Gasteiger partial charge in [-0.1, -0.05) is 6.92 Å². The SMILES string of the molecule is CCC(C)(C)OC=O.CNC. The van der Waals surface area contributed by atoms with Crippen LogP contribution in [0.5, 0.6) is 0 Å². The Hall–Kier alpha value is -0.570. The van der Waals surface area contributed by atoms with Crippen LogP contribution in [-0.4, -0.2) is 26.2 Å². The minimum Gasteiger partial charge on any atom is -0.462 e. The summed E-state index contributed by atoms with van der Waals surface area (Å²) in [7, 11) is 3.75. The third-order valence-electron chi connectivity index (χ3n) is 1.22. The van der Waals surface area contributed by atoms with Gasteiger partial charge in [-0.05, 0) is 34.4 Å². The van der Waals surface area contributed by atoms with E-state index in [0.717, 1.165) is 6.42 Å². The summed E-state index contributed by atoms with van der Waals surface area (Å²) in [4.78, 5) is 9.76. The average Bonchev–Trinajstić information content (AvgIpc) is 1.90. The summed E-state index contributed by atoms with van der Waals surface area (Å²) < 4.78 is 4.70. The molecule has 3 heteroatoms. The van der Waals surface area contributed by atoms with Crippen molar-refractivity contribution in [3.05, 3.63) is 0 Å². The molecule has 0 radical (unpaired) electrons. The largest absolute Gasteiger partial charge is 0.462 e. The van der Waals surface area contributed by atoms with E-state index in [4.69, 9.17) is 4.74 Å². The lowest BCUT2D eigenvalue weighted by atomic mass is 10.1. The summed E-state index contributed by atoms with van der Waals surface area (Å²) in [5.41, 5.74) is -0.276. The van der Waals surface area contributed by atoms with Gasteiger partial charge >= 0.3 is 0 Å². The van der Waals surface area contributed by atoms with Crippen LogP contribution in [0.15, 0.2) is 0 Å². The highest BCUT2D eigenvalue weighted by Crippen LogP contribution is 2.10. The molecule has 0 aliphatic rings. The van der Waals surface area contributed by atoms with E-state index in [1.807, 2.05) is 34.9 Å². The number of carbonyl (C=O) groups excluding carboxylic acids is 1. The number of ether oxygens (including phenoxy) is 1. The lowest BCUT2D eigenvalue weighted by Crippen LogP contribution is -2.21. The minimum atomic E-state index is -0.276. The molecular formula is C8H19NO2. The third kappa shape index (κ3) is 12.6. The second-order valence-electron chi connectivity index (χ2n) is 2.83.